The van der Waals surface area contributed by atoms with Crippen molar-refractivity contribution in [2.24, 2.45) is 7.05 Å². The third kappa shape index (κ3) is 2.91. The Morgan fingerprint density at radius 1 is 1.32 bits per heavy atom. The Labute approximate surface area is 112 Å². The molecule has 0 unspecified atom stereocenters. The van der Waals surface area contributed by atoms with Crippen LogP contribution in [0.1, 0.15) is 21.6 Å². The zero-order chi connectivity index (χ0) is 13.8. The summed E-state index contributed by atoms with van der Waals surface area (Å²) in [7, 11) is 3.47. The lowest BCUT2D eigenvalue weighted by Crippen LogP contribution is -1.95. The average Bonchev–Trinajstić information content (AvgIpc) is 2.76. The van der Waals surface area contributed by atoms with Crippen molar-refractivity contribution in [2.45, 2.75) is 6.92 Å². The first kappa shape index (κ1) is 13.1. The Morgan fingerprint density at radius 3 is 2.53 bits per heavy atom. The molecule has 19 heavy (non-hydrogen) atoms. The summed E-state index contributed by atoms with van der Waals surface area (Å²) in [5, 5.41) is 4.13. The Bertz CT molecular complexity index is 610. The molecule has 0 spiro atoms. The van der Waals surface area contributed by atoms with Crippen LogP contribution in [0.25, 0.3) is 6.08 Å². The lowest BCUT2D eigenvalue weighted by Gasteiger charge is -2.00. The summed E-state index contributed by atoms with van der Waals surface area (Å²) < 4.78 is 6.83. The maximum atomic E-state index is 12.0. The third-order valence-electron chi connectivity index (χ3n) is 3.06. The van der Waals surface area contributed by atoms with Crippen LogP contribution in [0.4, 0.5) is 0 Å². The number of allylic oxidation sites excluding steroid dienone is 1. The van der Waals surface area contributed by atoms with E-state index in [4.69, 9.17) is 4.74 Å². The van der Waals surface area contributed by atoms with Crippen molar-refractivity contribution in [3.63, 3.8) is 0 Å². The molecule has 0 N–H and O–H groups in total. The number of nitrogens with zero attached hydrogens (tertiary/aromatic N) is 2. The summed E-state index contributed by atoms with van der Waals surface area (Å²) in [6.45, 7) is 1.96. The van der Waals surface area contributed by atoms with Crippen molar-refractivity contribution < 1.29 is 9.53 Å². The highest BCUT2D eigenvalue weighted by atomic mass is 16.5. The number of benzene rings is 1. The first-order valence-electron chi connectivity index (χ1n) is 5.97. The topological polar surface area (TPSA) is 44.1 Å². The van der Waals surface area contributed by atoms with Gasteiger partial charge in [-0.25, -0.2) is 0 Å². The zero-order valence-corrected chi connectivity index (χ0v) is 11.3. The van der Waals surface area contributed by atoms with Gasteiger partial charge < -0.3 is 4.74 Å². The molecule has 1 aromatic carbocycles. The van der Waals surface area contributed by atoms with Crippen molar-refractivity contribution in [2.75, 3.05) is 7.11 Å². The summed E-state index contributed by atoms with van der Waals surface area (Å²) in [5.74, 6) is 0.703. The van der Waals surface area contributed by atoms with Gasteiger partial charge in [-0.2, -0.15) is 5.10 Å². The second-order valence-corrected chi connectivity index (χ2v) is 4.24. The van der Waals surface area contributed by atoms with Crippen LogP contribution in [0, 0.1) is 6.92 Å². The van der Waals surface area contributed by atoms with Crippen molar-refractivity contribution in [1.29, 1.82) is 0 Å². The molecule has 0 aliphatic carbocycles. The van der Waals surface area contributed by atoms with E-state index in [1.165, 1.54) is 0 Å². The van der Waals surface area contributed by atoms with E-state index >= 15 is 0 Å². The van der Waals surface area contributed by atoms with E-state index in [1.807, 2.05) is 14.0 Å². The number of ether oxygens (including phenoxy) is 1. The predicted molar refractivity (Wildman–Crippen MR) is 74.3 cm³/mol. The van der Waals surface area contributed by atoms with Crippen LogP contribution >= 0.6 is 0 Å². The maximum Gasteiger partial charge on any atom is 0.185 e. The normalized spacial score (nSPS) is 10.9. The van der Waals surface area contributed by atoms with E-state index < -0.39 is 0 Å². The van der Waals surface area contributed by atoms with Gasteiger partial charge in [0.1, 0.15) is 5.75 Å². The monoisotopic (exact) mass is 256 g/mol. The van der Waals surface area contributed by atoms with Gasteiger partial charge in [0.05, 0.1) is 13.3 Å². The van der Waals surface area contributed by atoms with E-state index in [9.17, 15) is 4.79 Å². The number of ketones is 1. The van der Waals surface area contributed by atoms with Gasteiger partial charge in [0, 0.05) is 23.9 Å². The largest absolute Gasteiger partial charge is 0.497 e. The summed E-state index contributed by atoms with van der Waals surface area (Å²) in [6, 6.07) is 7.05. The number of carbonyl (C=O) groups excluding carboxylic acids is 1. The number of rotatable bonds is 4. The summed E-state index contributed by atoms with van der Waals surface area (Å²) in [6.07, 6.45) is 5.09. The van der Waals surface area contributed by atoms with Gasteiger partial charge in [-0.3, -0.25) is 9.48 Å². The Morgan fingerprint density at radius 2 is 2.00 bits per heavy atom. The van der Waals surface area contributed by atoms with Gasteiger partial charge >= 0.3 is 0 Å². The Balaban J connectivity index is 2.14. The minimum absolute atomic E-state index is 0.0362. The molecule has 2 aromatic rings. The van der Waals surface area contributed by atoms with Crippen LogP contribution < -0.4 is 4.74 Å². The smallest absolute Gasteiger partial charge is 0.185 e. The molecule has 4 nitrogen and oxygen atoms in total. The number of hydrogen-bond acceptors (Lipinski definition) is 3. The van der Waals surface area contributed by atoms with Crippen LogP contribution in [-0.2, 0) is 7.05 Å². The van der Waals surface area contributed by atoms with Gasteiger partial charge in [-0.05, 0) is 43.3 Å². The average molecular weight is 256 g/mol. The molecule has 0 aliphatic rings. The molecule has 2 rings (SSSR count). The molecule has 0 aliphatic heterocycles. The first-order valence-corrected chi connectivity index (χ1v) is 5.97. The maximum absolute atomic E-state index is 12.0. The number of aryl methyl sites for hydroxylation is 1. The zero-order valence-electron chi connectivity index (χ0n) is 11.3. The second kappa shape index (κ2) is 5.52. The van der Waals surface area contributed by atoms with Gasteiger partial charge in [-0.15, -0.1) is 0 Å². The molecule has 0 saturated heterocycles. The quantitative estimate of drug-likeness (QED) is 0.624. The van der Waals surface area contributed by atoms with E-state index in [1.54, 1.807) is 54.4 Å². The van der Waals surface area contributed by atoms with Crippen molar-refractivity contribution in [3.8, 4) is 5.75 Å². The highest BCUT2D eigenvalue weighted by molar-refractivity contribution is 6.06. The number of hydrogen-bond donors (Lipinski definition) is 0. The fraction of sp³-hybridized carbons (Fsp3) is 0.200. The van der Waals surface area contributed by atoms with Crippen molar-refractivity contribution in [1.82, 2.24) is 9.78 Å². The molecule has 0 saturated carbocycles. The molecular formula is C15H16N2O2. The van der Waals surface area contributed by atoms with Crippen LogP contribution in [0.15, 0.2) is 36.5 Å². The van der Waals surface area contributed by atoms with E-state index in [0.29, 0.717) is 5.56 Å². The molecule has 1 aromatic heterocycles. The fourth-order valence-electron chi connectivity index (χ4n) is 1.70. The minimum atomic E-state index is -0.0362. The van der Waals surface area contributed by atoms with E-state index in [2.05, 4.69) is 5.10 Å². The van der Waals surface area contributed by atoms with Crippen LogP contribution in [0.3, 0.4) is 0 Å². The van der Waals surface area contributed by atoms with Gasteiger partial charge in [-0.1, -0.05) is 0 Å². The first-order chi connectivity index (χ1) is 9.11. The van der Waals surface area contributed by atoms with Gasteiger partial charge in [0.15, 0.2) is 5.78 Å². The lowest BCUT2D eigenvalue weighted by atomic mass is 10.1. The Kier molecular flexibility index (Phi) is 3.80. The molecule has 4 heteroatoms. The highest BCUT2D eigenvalue weighted by Crippen LogP contribution is 2.13. The molecule has 98 valence electrons. The van der Waals surface area contributed by atoms with Gasteiger partial charge in [0.25, 0.3) is 0 Å². The van der Waals surface area contributed by atoms with Crippen molar-refractivity contribution >= 4 is 11.9 Å². The summed E-state index contributed by atoms with van der Waals surface area (Å²) in [4.78, 5) is 12.0. The highest BCUT2D eigenvalue weighted by Gasteiger charge is 2.03. The molecule has 0 fully saturated rings. The molecule has 1 heterocycles. The molecule has 0 radical (unpaired) electrons. The number of aromatic nitrogens is 2. The molecule has 0 amide bonds. The molecular weight excluding hydrogens is 240 g/mol. The van der Waals surface area contributed by atoms with E-state index in [-0.39, 0.29) is 5.78 Å². The third-order valence-corrected chi connectivity index (χ3v) is 3.06. The number of carbonyl (C=O) groups is 1. The second-order valence-electron chi connectivity index (χ2n) is 4.24. The van der Waals surface area contributed by atoms with Crippen LogP contribution in [-0.4, -0.2) is 22.7 Å². The van der Waals surface area contributed by atoms with Crippen LogP contribution in [0.5, 0.6) is 5.75 Å². The standard InChI is InChI=1S/C15H16N2O2/c1-11-13(10-16-17(11)2)6-9-15(18)12-4-7-14(19-3)8-5-12/h4-10H,1-3H3/b9-6+. The minimum Gasteiger partial charge on any atom is -0.497 e. The van der Waals surface area contributed by atoms with Gasteiger partial charge in [0.2, 0.25) is 0 Å². The van der Waals surface area contributed by atoms with E-state index in [0.717, 1.165) is 17.0 Å². The predicted octanol–water partition coefficient (Wildman–Crippen LogP) is 2.63. The molecule has 0 bridgehead atoms. The summed E-state index contributed by atoms with van der Waals surface area (Å²) in [5.41, 5.74) is 2.61. The fourth-order valence-corrected chi connectivity index (χ4v) is 1.70. The Hall–Kier alpha value is -2.36. The molecule has 0 atom stereocenters. The summed E-state index contributed by atoms with van der Waals surface area (Å²) >= 11 is 0. The number of methoxy groups -OCH3 is 1. The lowest BCUT2D eigenvalue weighted by molar-refractivity contribution is 0.104. The SMILES string of the molecule is COc1ccc(C(=O)/C=C/c2cnn(C)c2C)cc1. The van der Waals surface area contributed by atoms with Crippen molar-refractivity contribution in [3.05, 3.63) is 53.4 Å². The van der Waals surface area contributed by atoms with Crippen LogP contribution in [0.2, 0.25) is 0 Å².